The first-order valence-electron chi connectivity index (χ1n) is 7.82. The van der Waals surface area contributed by atoms with Crippen LogP contribution in [0.15, 0.2) is 28.6 Å². The maximum absolute atomic E-state index is 12.1. The number of hydrogen-bond donors (Lipinski definition) is 2. The molecule has 2 aromatic heterocycles. The Morgan fingerprint density at radius 3 is 2.88 bits per heavy atom. The van der Waals surface area contributed by atoms with E-state index in [0.29, 0.717) is 6.54 Å². The minimum atomic E-state index is -0.223. The molecule has 7 nitrogen and oxygen atoms in total. The third kappa shape index (κ3) is 4.86. The summed E-state index contributed by atoms with van der Waals surface area (Å²) >= 11 is 3.24. The number of thioether (sulfide) groups is 1. The van der Waals surface area contributed by atoms with Crippen molar-refractivity contribution in [3.8, 4) is 0 Å². The molecule has 1 aromatic carbocycles. The molecule has 2 heterocycles. The highest BCUT2D eigenvalue weighted by Crippen LogP contribution is 2.23. The van der Waals surface area contributed by atoms with Gasteiger partial charge in [0.2, 0.25) is 0 Å². The number of hydrogen-bond acceptors (Lipinski definition) is 7. The van der Waals surface area contributed by atoms with E-state index in [9.17, 15) is 4.79 Å². The van der Waals surface area contributed by atoms with Gasteiger partial charge in [0, 0.05) is 17.7 Å². The van der Waals surface area contributed by atoms with Gasteiger partial charge in [0.25, 0.3) is 0 Å². The van der Waals surface area contributed by atoms with Crippen LogP contribution >= 0.6 is 23.1 Å². The average Bonchev–Trinajstić information content (AvgIpc) is 3.00. The van der Waals surface area contributed by atoms with E-state index in [1.54, 1.807) is 23.1 Å². The minimum Gasteiger partial charge on any atom is -0.338 e. The number of aromatic nitrogens is 4. The molecular weight excluding hydrogens is 356 g/mol. The van der Waals surface area contributed by atoms with Crippen LogP contribution in [-0.2, 0) is 0 Å². The summed E-state index contributed by atoms with van der Waals surface area (Å²) in [5.74, 6) is 0.887. The summed E-state index contributed by atoms with van der Waals surface area (Å²) in [6.45, 7) is 4.41. The van der Waals surface area contributed by atoms with E-state index in [1.807, 2.05) is 38.1 Å². The molecule has 0 saturated heterocycles. The molecule has 3 aromatic rings. The van der Waals surface area contributed by atoms with E-state index in [4.69, 9.17) is 0 Å². The zero-order valence-corrected chi connectivity index (χ0v) is 15.6. The van der Waals surface area contributed by atoms with Crippen LogP contribution in [0.2, 0.25) is 0 Å². The van der Waals surface area contributed by atoms with Crippen molar-refractivity contribution in [2.75, 3.05) is 17.6 Å². The summed E-state index contributed by atoms with van der Waals surface area (Å²) in [4.78, 5) is 12.1. The van der Waals surface area contributed by atoms with Gasteiger partial charge in [-0.3, -0.25) is 0 Å². The number of nitrogens with zero attached hydrogens (tertiary/aromatic N) is 4. The average molecular weight is 374 g/mol. The molecule has 0 bridgehead atoms. The highest BCUT2D eigenvalue weighted by Gasteiger charge is 2.07. The Kier molecular flexibility index (Phi) is 5.77. The molecule has 0 aliphatic carbocycles. The van der Waals surface area contributed by atoms with Gasteiger partial charge in [-0.05, 0) is 38.5 Å². The molecule has 0 unspecified atom stereocenters. The Morgan fingerprint density at radius 2 is 2.08 bits per heavy atom. The molecule has 2 amide bonds. The number of aryl methyl sites for hydroxylation is 2. The molecular formula is C16H18N6OS2. The Bertz CT molecular complexity index is 882. The normalized spacial score (nSPS) is 10.8. The van der Waals surface area contributed by atoms with Gasteiger partial charge < -0.3 is 10.6 Å². The Labute approximate surface area is 153 Å². The number of anilines is 1. The van der Waals surface area contributed by atoms with Crippen molar-refractivity contribution >= 4 is 45.7 Å². The number of amides is 2. The van der Waals surface area contributed by atoms with Crippen LogP contribution in [0.25, 0.3) is 10.9 Å². The van der Waals surface area contributed by atoms with Gasteiger partial charge in [0.05, 0.1) is 16.9 Å². The molecule has 0 aliphatic rings. The second-order valence-electron chi connectivity index (χ2n) is 5.39. The summed E-state index contributed by atoms with van der Waals surface area (Å²) in [5, 5.41) is 23.8. The second-order valence-corrected chi connectivity index (χ2v) is 7.92. The van der Waals surface area contributed by atoms with Crippen molar-refractivity contribution in [3.05, 3.63) is 35.0 Å². The first-order valence-corrected chi connectivity index (χ1v) is 9.63. The topological polar surface area (TPSA) is 92.7 Å². The Morgan fingerprint density at radius 1 is 1.20 bits per heavy atom. The van der Waals surface area contributed by atoms with Crippen molar-refractivity contribution in [1.29, 1.82) is 0 Å². The van der Waals surface area contributed by atoms with Gasteiger partial charge >= 0.3 is 6.03 Å². The molecule has 2 N–H and O–H groups in total. The first-order chi connectivity index (χ1) is 12.1. The summed E-state index contributed by atoms with van der Waals surface area (Å²) in [6.07, 6.45) is 0.858. The van der Waals surface area contributed by atoms with Crippen LogP contribution in [0.3, 0.4) is 0 Å². The van der Waals surface area contributed by atoms with Gasteiger partial charge in [-0.2, -0.15) is 10.2 Å². The molecule has 0 saturated carbocycles. The predicted molar refractivity (Wildman–Crippen MR) is 101 cm³/mol. The first kappa shape index (κ1) is 17.6. The zero-order chi connectivity index (χ0) is 17.6. The SMILES string of the molecule is Cc1cc2c(NC(=O)NCCCSc3nnc(C)s3)cccc2nn1. The number of rotatable bonds is 6. The second kappa shape index (κ2) is 8.21. The number of carbonyl (C=O) groups is 1. The van der Waals surface area contributed by atoms with Crippen molar-refractivity contribution < 1.29 is 4.79 Å². The van der Waals surface area contributed by atoms with Crippen LogP contribution in [0.4, 0.5) is 10.5 Å². The predicted octanol–water partition coefficient (Wildman–Crippen LogP) is 3.40. The van der Waals surface area contributed by atoms with Crippen LogP contribution < -0.4 is 10.6 Å². The van der Waals surface area contributed by atoms with E-state index in [2.05, 4.69) is 31.0 Å². The highest BCUT2D eigenvalue weighted by atomic mass is 32.2. The molecule has 0 fully saturated rings. The maximum Gasteiger partial charge on any atom is 0.319 e. The van der Waals surface area contributed by atoms with Crippen LogP contribution in [-0.4, -0.2) is 38.7 Å². The summed E-state index contributed by atoms with van der Waals surface area (Å²) < 4.78 is 0.967. The maximum atomic E-state index is 12.1. The lowest BCUT2D eigenvalue weighted by molar-refractivity contribution is 0.252. The summed E-state index contributed by atoms with van der Waals surface area (Å²) in [6, 6.07) is 7.27. The highest BCUT2D eigenvalue weighted by molar-refractivity contribution is 8.01. The smallest absolute Gasteiger partial charge is 0.319 e. The van der Waals surface area contributed by atoms with Gasteiger partial charge in [0.1, 0.15) is 5.01 Å². The lowest BCUT2D eigenvalue weighted by Gasteiger charge is -2.09. The quantitative estimate of drug-likeness (QED) is 0.507. The fourth-order valence-electron chi connectivity index (χ4n) is 2.21. The number of benzene rings is 1. The van der Waals surface area contributed by atoms with Crippen molar-refractivity contribution in [3.63, 3.8) is 0 Å². The monoisotopic (exact) mass is 374 g/mol. The van der Waals surface area contributed by atoms with Crippen LogP contribution in [0.1, 0.15) is 17.1 Å². The van der Waals surface area contributed by atoms with E-state index in [-0.39, 0.29) is 6.03 Å². The molecule has 0 aliphatic heterocycles. The molecule has 0 atom stereocenters. The fourth-order valence-corrected chi connectivity index (χ4v) is 4.03. The minimum absolute atomic E-state index is 0.223. The van der Waals surface area contributed by atoms with Gasteiger partial charge in [-0.15, -0.1) is 10.2 Å². The van der Waals surface area contributed by atoms with Crippen LogP contribution in [0, 0.1) is 13.8 Å². The molecule has 3 rings (SSSR count). The van der Waals surface area contributed by atoms with Gasteiger partial charge in [0.15, 0.2) is 4.34 Å². The third-order valence-electron chi connectivity index (χ3n) is 3.34. The number of nitrogens with one attached hydrogen (secondary N) is 2. The number of urea groups is 1. The molecule has 0 radical (unpaired) electrons. The molecule has 9 heteroatoms. The van der Waals surface area contributed by atoms with E-state index in [0.717, 1.165) is 43.8 Å². The fraction of sp³-hybridized carbons (Fsp3) is 0.312. The molecule has 130 valence electrons. The summed E-state index contributed by atoms with van der Waals surface area (Å²) in [5.41, 5.74) is 2.30. The largest absolute Gasteiger partial charge is 0.338 e. The van der Waals surface area contributed by atoms with Gasteiger partial charge in [-0.1, -0.05) is 29.2 Å². The third-order valence-corrected chi connectivity index (χ3v) is 5.40. The van der Waals surface area contributed by atoms with Gasteiger partial charge in [-0.25, -0.2) is 4.79 Å². The number of fused-ring (bicyclic) bond motifs is 1. The molecule has 0 spiro atoms. The van der Waals surface area contributed by atoms with Crippen molar-refractivity contribution in [2.45, 2.75) is 24.6 Å². The summed E-state index contributed by atoms with van der Waals surface area (Å²) in [7, 11) is 0. The van der Waals surface area contributed by atoms with Crippen molar-refractivity contribution in [2.24, 2.45) is 0 Å². The lowest BCUT2D eigenvalue weighted by Crippen LogP contribution is -2.29. The molecule has 25 heavy (non-hydrogen) atoms. The standard InChI is InChI=1S/C16H18N6OS2/c1-10-9-12-13(5-3-6-14(12)21-19-10)18-15(23)17-7-4-8-24-16-22-20-11(2)25-16/h3,5-6,9H,4,7-8H2,1-2H3,(H2,17,18,23). The number of carbonyl (C=O) groups excluding carboxylic acids is 1. The van der Waals surface area contributed by atoms with E-state index < -0.39 is 0 Å². The van der Waals surface area contributed by atoms with E-state index >= 15 is 0 Å². The van der Waals surface area contributed by atoms with E-state index in [1.165, 1.54) is 0 Å². The lowest BCUT2D eigenvalue weighted by atomic mass is 10.2. The van der Waals surface area contributed by atoms with Crippen molar-refractivity contribution in [1.82, 2.24) is 25.7 Å². The Hall–Kier alpha value is -2.26. The van der Waals surface area contributed by atoms with Crippen LogP contribution in [0.5, 0.6) is 0 Å². The zero-order valence-electron chi connectivity index (χ0n) is 13.9. The Balaban J connectivity index is 1.47.